The third-order valence-electron chi connectivity index (χ3n) is 12.9. The van der Waals surface area contributed by atoms with Gasteiger partial charge in [-0.05, 0) is 115 Å². The van der Waals surface area contributed by atoms with Crippen LogP contribution in [0.1, 0.15) is 124 Å². The van der Waals surface area contributed by atoms with Crippen LogP contribution in [-0.4, -0.2) is 97.7 Å². The second-order valence-electron chi connectivity index (χ2n) is 18.6. The van der Waals surface area contributed by atoms with Crippen molar-refractivity contribution in [3.63, 3.8) is 0 Å². The van der Waals surface area contributed by atoms with Gasteiger partial charge in [-0.1, -0.05) is 0 Å². The molecule has 0 saturated heterocycles. The number of rotatable bonds is 12. The molecule has 0 spiro atoms. The third kappa shape index (κ3) is 9.60. The highest BCUT2D eigenvalue weighted by Crippen LogP contribution is 2.36. The molecule has 4 aliphatic carbocycles. The van der Waals surface area contributed by atoms with E-state index in [0.717, 1.165) is 64.2 Å². The lowest BCUT2D eigenvalue weighted by atomic mass is 9.83. The van der Waals surface area contributed by atoms with Gasteiger partial charge >= 0.3 is 0 Å². The van der Waals surface area contributed by atoms with Crippen LogP contribution in [0.5, 0.6) is 0 Å². The Kier molecular flexibility index (Phi) is 12.0. The van der Waals surface area contributed by atoms with E-state index in [2.05, 4.69) is 52.1 Å². The van der Waals surface area contributed by atoms with Crippen molar-refractivity contribution >= 4 is 57.8 Å². The zero-order valence-corrected chi connectivity index (χ0v) is 37.7. The topological polar surface area (TPSA) is 251 Å². The molecule has 20 heteroatoms. The zero-order valence-electron chi connectivity index (χ0n) is 37.7. The number of amides is 2. The number of hydrogen-bond donors (Lipinski definition) is 8. The van der Waals surface area contributed by atoms with Crippen LogP contribution in [0, 0.1) is 0 Å². The molecule has 6 heterocycles. The Labute approximate surface area is 380 Å². The molecule has 4 atom stereocenters. The van der Waals surface area contributed by atoms with Gasteiger partial charge < -0.3 is 51.2 Å². The Morgan fingerprint density at radius 2 is 1.06 bits per heavy atom. The van der Waals surface area contributed by atoms with Crippen molar-refractivity contribution in [1.82, 2.24) is 49.0 Å². The summed E-state index contributed by atoms with van der Waals surface area (Å²) in [7, 11) is 3.52. The van der Waals surface area contributed by atoms with Crippen molar-refractivity contribution in [2.24, 2.45) is 0 Å². The first-order valence-corrected chi connectivity index (χ1v) is 22.8. The molecule has 4 saturated carbocycles. The first kappa shape index (κ1) is 44.4. The van der Waals surface area contributed by atoms with Gasteiger partial charge in [0.2, 0.25) is 0 Å². The molecule has 348 valence electrons. The van der Waals surface area contributed by atoms with E-state index in [1.165, 1.54) is 12.4 Å². The number of aliphatic hydroxyl groups is 2. The fourth-order valence-electron chi connectivity index (χ4n) is 9.11. The summed E-state index contributed by atoms with van der Waals surface area (Å²) in [5, 5.41) is 47.9. The van der Waals surface area contributed by atoms with E-state index in [9.17, 15) is 29.4 Å². The molecular formula is C46H58N14O6. The maximum absolute atomic E-state index is 13.2. The molecule has 0 aliphatic heterocycles. The first-order chi connectivity index (χ1) is 31.7. The number of anilines is 6. The predicted octanol–water partition coefficient (Wildman–Crippen LogP) is 4.87. The molecule has 8 N–H and O–H groups in total. The summed E-state index contributed by atoms with van der Waals surface area (Å²) in [5.74, 6) is 1.72. The van der Waals surface area contributed by atoms with Gasteiger partial charge in [-0.15, -0.1) is 0 Å². The third-order valence-corrected chi connectivity index (χ3v) is 12.9. The largest absolute Gasteiger partial charge is 0.390 e. The normalized spacial score (nSPS) is 22.8. The van der Waals surface area contributed by atoms with Crippen LogP contribution < -0.4 is 43.0 Å². The average Bonchev–Trinajstić information content (AvgIpc) is 4.20. The molecule has 10 rings (SSSR count). The Bertz CT molecular complexity index is 2710. The highest BCUT2D eigenvalue weighted by Gasteiger charge is 2.33. The number of hydrogen-bond acceptors (Lipinski definition) is 14. The molecule has 0 bridgehead atoms. The lowest BCUT2D eigenvalue weighted by Crippen LogP contribution is -2.36. The summed E-state index contributed by atoms with van der Waals surface area (Å²) in [4.78, 5) is 61.0. The minimum Gasteiger partial charge on any atom is -0.390 e. The lowest BCUT2D eigenvalue weighted by Gasteiger charge is -2.34. The molecule has 0 aromatic carbocycles. The molecular weight excluding hydrogens is 845 g/mol. The summed E-state index contributed by atoms with van der Waals surface area (Å²) in [5.41, 5.74) is 0.466. The molecule has 66 heavy (non-hydrogen) atoms. The van der Waals surface area contributed by atoms with E-state index in [1.807, 2.05) is 26.0 Å². The predicted molar refractivity (Wildman–Crippen MR) is 250 cm³/mol. The highest BCUT2D eigenvalue weighted by molar-refractivity contribution is 6.01. The van der Waals surface area contributed by atoms with Gasteiger partial charge in [-0.25, -0.2) is 9.97 Å². The van der Waals surface area contributed by atoms with Crippen LogP contribution in [0.4, 0.5) is 34.6 Å². The van der Waals surface area contributed by atoms with Gasteiger partial charge in [-0.2, -0.15) is 19.2 Å². The van der Waals surface area contributed by atoms with E-state index in [1.54, 1.807) is 68.9 Å². The van der Waals surface area contributed by atoms with Crippen molar-refractivity contribution in [2.45, 2.75) is 126 Å². The van der Waals surface area contributed by atoms with Crippen LogP contribution in [0.3, 0.4) is 0 Å². The van der Waals surface area contributed by atoms with Crippen molar-refractivity contribution in [1.29, 1.82) is 0 Å². The molecule has 4 fully saturated rings. The van der Waals surface area contributed by atoms with E-state index in [-0.39, 0.29) is 47.1 Å². The number of pyridine rings is 2. The summed E-state index contributed by atoms with van der Waals surface area (Å²) in [6, 6.07) is 10.9. The van der Waals surface area contributed by atoms with Crippen LogP contribution >= 0.6 is 0 Å². The van der Waals surface area contributed by atoms with Gasteiger partial charge in [0.15, 0.2) is 11.3 Å². The SMILES string of the molecule is CNc1cc(Nc2cccn([C@@H]3CCC[C@](C)(O)C3)c2=O)nc2c(C(=O)NC3CC3)cnn12.CNc1cc(Nc2cccn([C@H]3CCC[C@@](C)(O)C3)c2=O)nc2c(C(=O)NC3CC3)cnn12. The molecule has 6 aromatic rings. The summed E-state index contributed by atoms with van der Waals surface area (Å²) in [6.45, 7) is 3.65. The fourth-order valence-corrected chi connectivity index (χ4v) is 9.11. The molecule has 20 nitrogen and oxygen atoms in total. The van der Waals surface area contributed by atoms with E-state index in [0.29, 0.717) is 69.9 Å². The van der Waals surface area contributed by atoms with Crippen molar-refractivity contribution in [3.05, 3.63) is 93.0 Å². The van der Waals surface area contributed by atoms with Crippen molar-refractivity contribution in [3.8, 4) is 0 Å². The average molecular weight is 903 g/mol. The summed E-state index contributed by atoms with van der Waals surface area (Å²) >= 11 is 0. The van der Waals surface area contributed by atoms with Gasteiger partial charge in [0.1, 0.15) is 45.8 Å². The summed E-state index contributed by atoms with van der Waals surface area (Å²) < 4.78 is 6.53. The Morgan fingerprint density at radius 3 is 1.42 bits per heavy atom. The van der Waals surface area contributed by atoms with Crippen LogP contribution in [0.2, 0.25) is 0 Å². The van der Waals surface area contributed by atoms with Crippen LogP contribution in [0.25, 0.3) is 11.3 Å². The maximum atomic E-state index is 13.2. The molecule has 4 aliphatic rings. The highest BCUT2D eigenvalue weighted by atomic mass is 16.3. The maximum Gasteiger partial charge on any atom is 0.274 e. The van der Waals surface area contributed by atoms with E-state index in [4.69, 9.17) is 0 Å². The fraction of sp³-hybridized carbons (Fsp3) is 0.478. The van der Waals surface area contributed by atoms with Gasteiger partial charge in [0, 0.05) is 62.8 Å². The first-order valence-electron chi connectivity index (χ1n) is 22.8. The number of carbonyl (C=O) groups excluding carboxylic acids is 2. The smallest absolute Gasteiger partial charge is 0.274 e. The molecule has 0 radical (unpaired) electrons. The number of aromatic nitrogens is 8. The number of nitrogens with zero attached hydrogens (tertiary/aromatic N) is 8. The molecule has 2 amide bonds. The van der Waals surface area contributed by atoms with Gasteiger partial charge in [-0.3, -0.25) is 19.2 Å². The molecule has 0 unspecified atom stereocenters. The Balaban J connectivity index is 0.000000166. The second kappa shape index (κ2) is 17.9. The monoisotopic (exact) mass is 902 g/mol. The van der Waals surface area contributed by atoms with Crippen molar-refractivity contribution < 1.29 is 19.8 Å². The Hall–Kier alpha value is -6.80. The quantitative estimate of drug-likeness (QED) is 0.0817. The summed E-state index contributed by atoms with van der Waals surface area (Å²) in [6.07, 6.45) is 16.5. The van der Waals surface area contributed by atoms with Gasteiger partial charge in [0.05, 0.1) is 23.6 Å². The van der Waals surface area contributed by atoms with Crippen LogP contribution in [-0.2, 0) is 0 Å². The standard InChI is InChI=1S/2C23H29N7O3/c2*1-23(33)9-3-5-15(12-23)29-10-4-6-17(22(29)32)27-18-11-19(24-2)30-20(28-18)16(13-25-30)21(31)26-14-7-8-14/h2*4,6,10-11,13-15,24,33H,3,5,7-9,12H2,1-2H3,(H,26,31)(H,27,28)/t2*15-,23+/m10/s1. The second-order valence-corrected chi connectivity index (χ2v) is 18.6. The number of nitrogens with one attached hydrogen (secondary N) is 6. The minimum absolute atomic E-state index is 0.0566. The molecule has 6 aromatic heterocycles. The van der Waals surface area contributed by atoms with E-state index >= 15 is 0 Å². The van der Waals surface area contributed by atoms with E-state index < -0.39 is 11.2 Å². The minimum atomic E-state index is -0.764. The lowest BCUT2D eigenvalue weighted by molar-refractivity contribution is 0.00282. The van der Waals surface area contributed by atoms with Crippen molar-refractivity contribution in [2.75, 3.05) is 35.4 Å². The number of carbonyl (C=O) groups is 2. The van der Waals surface area contributed by atoms with Crippen LogP contribution in [0.15, 0.2) is 70.8 Å². The Morgan fingerprint density at radius 1 is 0.652 bits per heavy atom. The van der Waals surface area contributed by atoms with Gasteiger partial charge in [0.25, 0.3) is 22.9 Å². The zero-order chi connectivity index (χ0) is 46.3. The number of fused-ring (bicyclic) bond motifs is 2.